The molecule has 4 rings (SSSR count). The number of rotatable bonds is 10. The lowest BCUT2D eigenvalue weighted by Gasteiger charge is -2.41. The van der Waals surface area contributed by atoms with Crippen LogP contribution in [0.3, 0.4) is 0 Å². The van der Waals surface area contributed by atoms with Crippen molar-refractivity contribution in [2.24, 2.45) is 11.3 Å². The summed E-state index contributed by atoms with van der Waals surface area (Å²) in [7, 11) is 0. The molecule has 10 nitrogen and oxygen atoms in total. The second kappa shape index (κ2) is 14.0. The van der Waals surface area contributed by atoms with E-state index in [1.165, 1.54) is 11.3 Å². The van der Waals surface area contributed by atoms with E-state index in [1.807, 2.05) is 17.0 Å². The molecule has 2 aromatic carbocycles. The average Bonchev–Trinajstić information content (AvgIpc) is 3.37. The summed E-state index contributed by atoms with van der Waals surface area (Å²) in [4.78, 5) is 55.5. The lowest BCUT2D eigenvalue weighted by atomic mass is 9.71. The van der Waals surface area contributed by atoms with Gasteiger partial charge in [-0.05, 0) is 79.8 Å². The molecule has 1 heterocycles. The highest BCUT2D eigenvalue weighted by atomic mass is 32.1. The van der Waals surface area contributed by atoms with E-state index in [4.69, 9.17) is 9.84 Å². The summed E-state index contributed by atoms with van der Waals surface area (Å²) in [6.45, 7) is 9.25. The van der Waals surface area contributed by atoms with Gasteiger partial charge in [-0.25, -0.2) is 14.6 Å². The maximum atomic E-state index is 13.8. The lowest BCUT2D eigenvalue weighted by Crippen LogP contribution is -2.45. The van der Waals surface area contributed by atoms with Crippen molar-refractivity contribution in [1.29, 1.82) is 0 Å². The molecule has 0 unspecified atom stereocenters. The first-order valence-electron chi connectivity index (χ1n) is 14.7. The van der Waals surface area contributed by atoms with E-state index in [2.05, 4.69) is 36.4 Å². The Morgan fingerprint density at radius 2 is 1.70 bits per heavy atom. The molecule has 0 spiro atoms. The van der Waals surface area contributed by atoms with Gasteiger partial charge in [0.25, 0.3) is 5.91 Å². The molecule has 3 N–H and O–H groups in total. The molecule has 0 bridgehead atoms. The van der Waals surface area contributed by atoms with Gasteiger partial charge in [-0.3, -0.25) is 14.9 Å². The summed E-state index contributed by atoms with van der Waals surface area (Å²) in [5, 5.41) is 14.8. The number of thiazole rings is 1. The molecular formula is C32H40N4O6S. The number of aliphatic carboxylic acids is 1. The Balaban J connectivity index is 1.50. The van der Waals surface area contributed by atoms with Gasteiger partial charge in [0.15, 0.2) is 5.13 Å². The predicted molar refractivity (Wildman–Crippen MR) is 166 cm³/mol. The minimum absolute atomic E-state index is 0.0439. The van der Waals surface area contributed by atoms with E-state index >= 15 is 0 Å². The fourth-order valence-electron chi connectivity index (χ4n) is 5.45. The smallest absolute Gasteiger partial charge is 0.338 e. The number of aromatic nitrogens is 1. The molecule has 3 amide bonds. The Morgan fingerprint density at radius 3 is 2.33 bits per heavy atom. The van der Waals surface area contributed by atoms with Gasteiger partial charge in [-0.1, -0.05) is 44.2 Å². The number of carbonyl (C=O) groups is 4. The minimum atomic E-state index is -0.974. The third-order valence-corrected chi connectivity index (χ3v) is 8.86. The zero-order chi connectivity index (χ0) is 31.1. The van der Waals surface area contributed by atoms with Crippen LogP contribution in [-0.2, 0) is 16.1 Å². The number of benzene rings is 2. The van der Waals surface area contributed by atoms with Gasteiger partial charge in [0.1, 0.15) is 0 Å². The molecular weight excluding hydrogens is 568 g/mol. The van der Waals surface area contributed by atoms with Gasteiger partial charge >= 0.3 is 18.0 Å². The Hall–Kier alpha value is -3.99. The number of carboxylic acid groups (broad SMARTS) is 1. The first kappa shape index (κ1) is 31.9. The Labute approximate surface area is 255 Å². The number of nitrogens with zero attached hydrogens (tertiary/aromatic N) is 2. The minimum Gasteiger partial charge on any atom is -0.481 e. The number of ether oxygens (including phenoxy) is 1. The highest BCUT2D eigenvalue weighted by molar-refractivity contribution is 7.22. The van der Waals surface area contributed by atoms with E-state index < -0.39 is 11.9 Å². The first-order valence-corrected chi connectivity index (χ1v) is 15.5. The maximum absolute atomic E-state index is 13.8. The summed E-state index contributed by atoms with van der Waals surface area (Å²) in [5.74, 6) is -1.13. The van der Waals surface area contributed by atoms with Gasteiger partial charge < -0.3 is 20.1 Å². The molecule has 0 saturated heterocycles. The van der Waals surface area contributed by atoms with Gasteiger partial charge in [0.2, 0.25) is 0 Å². The van der Waals surface area contributed by atoms with Crippen molar-refractivity contribution < 1.29 is 29.0 Å². The number of carboxylic acids is 1. The Kier molecular flexibility index (Phi) is 10.4. The molecule has 1 saturated carbocycles. The molecule has 1 fully saturated rings. The normalized spacial score (nSPS) is 16.8. The molecule has 1 aromatic heterocycles. The van der Waals surface area contributed by atoms with E-state index in [0.29, 0.717) is 34.2 Å². The van der Waals surface area contributed by atoms with Crippen LogP contribution in [0.5, 0.6) is 0 Å². The van der Waals surface area contributed by atoms with Crippen molar-refractivity contribution in [2.75, 3.05) is 18.5 Å². The van der Waals surface area contributed by atoms with Crippen LogP contribution in [0, 0.1) is 11.3 Å². The average molecular weight is 609 g/mol. The number of esters is 1. The molecule has 0 aliphatic heterocycles. The molecule has 3 aromatic rings. The Morgan fingerprint density at radius 1 is 1.02 bits per heavy atom. The van der Waals surface area contributed by atoms with Crippen LogP contribution >= 0.6 is 11.3 Å². The molecule has 1 aliphatic carbocycles. The predicted octanol–water partition coefficient (Wildman–Crippen LogP) is 6.32. The number of fused-ring (bicyclic) bond motifs is 1. The molecule has 43 heavy (non-hydrogen) atoms. The van der Waals surface area contributed by atoms with Crippen LogP contribution in [0.4, 0.5) is 9.93 Å². The van der Waals surface area contributed by atoms with Gasteiger partial charge in [-0.2, -0.15) is 0 Å². The van der Waals surface area contributed by atoms with Crippen molar-refractivity contribution in [2.45, 2.75) is 72.4 Å². The Bertz CT molecular complexity index is 1450. The third kappa shape index (κ3) is 8.53. The van der Waals surface area contributed by atoms with Crippen molar-refractivity contribution in [3.05, 3.63) is 59.2 Å². The number of hydrogen-bond donors (Lipinski definition) is 3. The number of hydrogen-bond acceptors (Lipinski definition) is 7. The van der Waals surface area contributed by atoms with Crippen molar-refractivity contribution >= 4 is 50.6 Å². The lowest BCUT2D eigenvalue weighted by molar-refractivity contribution is -0.136. The monoisotopic (exact) mass is 608 g/mol. The van der Waals surface area contributed by atoms with Crippen molar-refractivity contribution in [1.82, 2.24) is 15.2 Å². The molecule has 0 atom stereocenters. The molecule has 11 heteroatoms. The fraction of sp³-hybridized carbons (Fsp3) is 0.469. The molecule has 230 valence electrons. The topological polar surface area (TPSA) is 138 Å². The van der Waals surface area contributed by atoms with Crippen LogP contribution in [-0.4, -0.2) is 58.1 Å². The highest BCUT2D eigenvalue weighted by Crippen LogP contribution is 2.39. The van der Waals surface area contributed by atoms with E-state index in [-0.39, 0.29) is 43.0 Å². The van der Waals surface area contributed by atoms with Crippen LogP contribution < -0.4 is 10.6 Å². The number of amides is 3. The third-order valence-electron chi connectivity index (χ3n) is 7.93. The fourth-order valence-corrected chi connectivity index (χ4v) is 6.34. The summed E-state index contributed by atoms with van der Waals surface area (Å²) in [6, 6.07) is 12.0. The zero-order valence-corrected chi connectivity index (χ0v) is 26.0. The van der Waals surface area contributed by atoms with Crippen LogP contribution in [0.1, 0.15) is 86.1 Å². The number of anilines is 1. The zero-order valence-electron chi connectivity index (χ0n) is 25.1. The van der Waals surface area contributed by atoms with Crippen LogP contribution in [0.2, 0.25) is 0 Å². The first-order chi connectivity index (χ1) is 20.4. The molecule has 1 aliphatic rings. The summed E-state index contributed by atoms with van der Waals surface area (Å²) in [5.41, 5.74) is 2.63. The van der Waals surface area contributed by atoms with Gasteiger partial charge in [0, 0.05) is 24.7 Å². The standard InChI is InChI=1S/C32H40N4O6S/c1-5-42-29(40)22-10-15-25-26(18-22)43-30(34-25)35-31(41)36(24-13-11-23(12-14-24)32(2,3)4)19-20-6-8-21(9-7-20)28(39)33-17-16-27(37)38/h6-10,15,18,23-24H,5,11-14,16-17,19H2,1-4H3,(H,33,39)(H,37,38)(H,34,35,41)/t23-,24-. The van der Waals surface area contributed by atoms with E-state index in [9.17, 15) is 19.2 Å². The SMILES string of the molecule is CCOC(=O)c1ccc2nc(NC(=O)N(Cc3ccc(C(=O)NCCC(=O)O)cc3)[C@H]3CC[C@H](C(C)(C)C)CC3)sc2c1. The van der Waals surface area contributed by atoms with E-state index in [0.717, 1.165) is 35.9 Å². The van der Waals surface area contributed by atoms with Gasteiger partial charge in [-0.15, -0.1) is 0 Å². The number of carbonyl (C=O) groups excluding carboxylic acids is 3. The molecule has 0 radical (unpaired) electrons. The maximum Gasteiger partial charge on any atom is 0.338 e. The van der Waals surface area contributed by atoms with E-state index in [1.54, 1.807) is 37.3 Å². The second-order valence-electron chi connectivity index (χ2n) is 11.9. The van der Waals surface area contributed by atoms with Gasteiger partial charge in [0.05, 0.1) is 28.8 Å². The summed E-state index contributed by atoms with van der Waals surface area (Å²) < 4.78 is 5.88. The summed E-state index contributed by atoms with van der Waals surface area (Å²) in [6.07, 6.45) is 3.70. The second-order valence-corrected chi connectivity index (χ2v) is 13.0. The van der Waals surface area contributed by atoms with Crippen molar-refractivity contribution in [3.63, 3.8) is 0 Å². The largest absolute Gasteiger partial charge is 0.481 e. The van der Waals surface area contributed by atoms with Crippen molar-refractivity contribution in [3.8, 4) is 0 Å². The summed E-state index contributed by atoms with van der Waals surface area (Å²) >= 11 is 1.30. The van der Waals surface area contributed by atoms with Crippen LogP contribution in [0.25, 0.3) is 10.2 Å². The number of urea groups is 1. The highest BCUT2D eigenvalue weighted by Gasteiger charge is 2.34. The number of nitrogens with one attached hydrogen (secondary N) is 2. The van der Waals surface area contributed by atoms with Crippen LogP contribution in [0.15, 0.2) is 42.5 Å². The quantitative estimate of drug-likeness (QED) is 0.229.